The highest BCUT2D eigenvalue weighted by molar-refractivity contribution is 5.96. The van der Waals surface area contributed by atoms with E-state index < -0.39 is 12.1 Å². The highest BCUT2D eigenvalue weighted by Gasteiger charge is 2.27. The number of benzene rings is 1. The molecule has 0 bridgehead atoms. The molecule has 104 valence electrons. The fraction of sp³-hybridized carbons (Fsp3) is 0.429. The molecule has 19 heavy (non-hydrogen) atoms. The number of hydrogen-bond donors (Lipinski definition) is 3. The molecule has 0 aliphatic heterocycles. The van der Waals surface area contributed by atoms with Crippen molar-refractivity contribution in [2.24, 2.45) is 5.73 Å². The number of urea groups is 1. The van der Waals surface area contributed by atoms with Crippen LogP contribution in [0.15, 0.2) is 30.3 Å². The third-order valence-corrected chi connectivity index (χ3v) is 3.20. The summed E-state index contributed by atoms with van der Waals surface area (Å²) >= 11 is 0. The zero-order chi connectivity index (χ0) is 14.3. The number of primary amides is 1. The van der Waals surface area contributed by atoms with Crippen LogP contribution in [0.1, 0.15) is 38.3 Å². The van der Waals surface area contributed by atoms with E-state index in [1.165, 1.54) is 0 Å². The molecule has 0 unspecified atom stereocenters. The van der Waals surface area contributed by atoms with Crippen molar-refractivity contribution >= 4 is 11.9 Å². The fourth-order valence-corrected chi connectivity index (χ4v) is 2.04. The van der Waals surface area contributed by atoms with Crippen LogP contribution in [0.5, 0.6) is 0 Å². The van der Waals surface area contributed by atoms with Crippen LogP contribution in [-0.4, -0.2) is 18.0 Å². The van der Waals surface area contributed by atoms with Gasteiger partial charge in [-0.15, -0.1) is 0 Å². The molecule has 5 N–H and O–H groups in total. The van der Waals surface area contributed by atoms with Crippen molar-refractivity contribution in [3.63, 3.8) is 0 Å². The van der Waals surface area contributed by atoms with Gasteiger partial charge in [0.2, 0.25) is 0 Å². The molecule has 0 radical (unpaired) electrons. The molecular weight excluding hydrogens is 242 g/mol. The molecule has 1 rings (SSSR count). The van der Waals surface area contributed by atoms with E-state index in [1.807, 2.05) is 35.6 Å². The van der Waals surface area contributed by atoms with E-state index in [0.29, 0.717) is 6.04 Å². The smallest absolute Gasteiger partial charge is 0.319 e. The number of quaternary nitrogens is 1. The minimum atomic E-state index is -0.816. The van der Waals surface area contributed by atoms with Crippen molar-refractivity contribution in [3.05, 3.63) is 35.9 Å². The summed E-state index contributed by atoms with van der Waals surface area (Å²) in [4.78, 5) is 22.9. The van der Waals surface area contributed by atoms with Crippen LogP contribution >= 0.6 is 0 Å². The number of hydrogen-bond acceptors (Lipinski definition) is 2. The molecule has 0 aliphatic carbocycles. The van der Waals surface area contributed by atoms with Gasteiger partial charge in [0, 0.05) is 5.56 Å². The van der Waals surface area contributed by atoms with E-state index in [9.17, 15) is 9.59 Å². The summed E-state index contributed by atoms with van der Waals surface area (Å²) in [5.41, 5.74) is 5.89. The normalized spacial score (nSPS) is 12.2. The first kappa shape index (κ1) is 15.2. The molecule has 0 heterocycles. The number of carbonyl (C=O) groups excluding carboxylic acids is 2. The molecule has 0 spiro atoms. The molecule has 0 saturated carbocycles. The zero-order valence-corrected chi connectivity index (χ0v) is 11.4. The Morgan fingerprint density at radius 1 is 1.21 bits per heavy atom. The monoisotopic (exact) mass is 264 g/mol. The van der Waals surface area contributed by atoms with E-state index in [1.54, 1.807) is 0 Å². The van der Waals surface area contributed by atoms with E-state index in [4.69, 9.17) is 5.73 Å². The minimum absolute atomic E-state index is 0.337. The van der Waals surface area contributed by atoms with Crippen molar-refractivity contribution in [2.75, 3.05) is 0 Å². The van der Waals surface area contributed by atoms with Crippen LogP contribution in [0, 0.1) is 0 Å². The lowest BCUT2D eigenvalue weighted by Crippen LogP contribution is -2.92. The third-order valence-electron chi connectivity index (χ3n) is 3.20. The first-order chi connectivity index (χ1) is 9.08. The van der Waals surface area contributed by atoms with Gasteiger partial charge in [0.1, 0.15) is 0 Å². The summed E-state index contributed by atoms with van der Waals surface area (Å²) in [6.45, 7) is 4.16. The standard InChI is InChI=1S/C14H21N3O2/c1-3-11(4-2)16-12(13(18)17-14(15)19)10-8-6-5-7-9-10/h5-9,11-12,16H,3-4H2,1-2H3,(H3,15,17,18,19)/p+1/t12-/m1/s1. The average molecular weight is 264 g/mol. The van der Waals surface area contributed by atoms with Gasteiger partial charge >= 0.3 is 6.03 Å². The predicted molar refractivity (Wildman–Crippen MR) is 73.2 cm³/mol. The number of nitrogens with one attached hydrogen (secondary N) is 1. The van der Waals surface area contributed by atoms with Crippen molar-refractivity contribution < 1.29 is 14.9 Å². The predicted octanol–water partition coefficient (Wildman–Crippen LogP) is 0.675. The molecule has 3 amide bonds. The largest absolute Gasteiger partial charge is 0.351 e. The maximum absolute atomic E-state index is 12.1. The van der Waals surface area contributed by atoms with Crippen molar-refractivity contribution in [2.45, 2.75) is 38.8 Å². The molecule has 0 aliphatic rings. The maximum Gasteiger partial charge on any atom is 0.319 e. The lowest BCUT2D eigenvalue weighted by Gasteiger charge is -2.20. The number of imide groups is 1. The van der Waals surface area contributed by atoms with E-state index >= 15 is 0 Å². The molecule has 1 aromatic rings. The van der Waals surface area contributed by atoms with Gasteiger partial charge in [0.05, 0.1) is 6.04 Å². The highest BCUT2D eigenvalue weighted by atomic mass is 16.2. The van der Waals surface area contributed by atoms with Crippen LogP contribution in [0.25, 0.3) is 0 Å². The average Bonchev–Trinajstić information content (AvgIpc) is 2.40. The molecule has 1 atom stereocenters. The Bertz CT molecular complexity index is 416. The topological polar surface area (TPSA) is 88.8 Å². The second-order valence-corrected chi connectivity index (χ2v) is 4.51. The van der Waals surface area contributed by atoms with Crippen LogP contribution < -0.4 is 16.4 Å². The fourth-order valence-electron chi connectivity index (χ4n) is 2.04. The Morgan fingerprint density at radius 3 is 2.26 bits per heavy atom. The number of carbonyl (C=O) groups is 2. The minimum Gasteiger partial charge on any atom is -0.351 e. The van der Waals surface area contributed by atoms with Crippen molar-refractivity contribution in [1.82, 2.24) is 5.32 Å². The van der Waals surface area contributed by atoms with Gasteiger partial charge in [-0.25, -0.2) is 4.79 Å². The van der Waals surface area contributed by atoms with Gasteiger partial charge < -0.3 is 11.1 Å². The summed E-state index contributed by atoms with van der Waals surface area (Å²) in [7, 11) is 0. The number of rotatable bonds is 6. The Kier molecular flexibility index (Phi) is 6.02. The van der Waals surface area contributed by atoms with Crippen LogP contribution in [-0.2, 0) is 4.79 Å². The first-order valence-electron chi connectivity index (χ1n) is 6.58. The molecule has 0 aromatic heterocycles. The Hall–Kier alpha value is -1.88. The summed E-state index contributed by atoms with van der Waals surface area (Å²) in [5.74, 6) is -0.370. The van der Waals surface area contributed by atoms with Crippen LogP contribution in [0.2, 0.25) is 0 Å². The van der Waals surface area contributed by atoms with Gasteiger partial charge in [-0.1, -0.05) is 44.2 Å². The van der Waals surface area contributed by atoms with Crippen molar-refractivity contribution in [1.29, 1.82) is 0 Å². The SMILES string of the molecule is CCC(CC)[NH2+][C@@H](C(=O)NC(N)=O)c1ccccc1. The quantitative estimate of drug-likeness (QED) is 0.705. The van der Waals surface area contributed by atoms with Gasteiger partial charge in [-0.05, 0) is 12.8 Å². The Labute approximate surface area is 113 Å². The van der Waals surface area contributed by atoms with E-state index in [-0.39, 0.29) is 5.91 Å². The summed E-state index contributed by atoms with van der Waals surface area (Å²) < 4.78 is 0. The number of nitrogens with two attached hydrogens (primary N) is 2. The van der Waals surface area contributed by atoms with E-state index in [0.717, 1.165) is 18.4 Å². The summed E-state index contributed by atoms with van der Waals surface area (Å²) in [5, 5.41) is 4.16. The maximum atomic E-state index is 12.1. The second-order valence-electron chi connectivity index (χ2n) is 4.51. The van der Waals surface area contributed by atoms with Crippen LogP contribution in [0.4, 0.5) is 4.79 Å². The Morgan fingerprint density at radius 2 is 1.79 bits per heavy atom. The van der Waals surface area contributed by atoms with Crippen molar-refractivity contribution in [3.8, 4) is 0 Å². The van der Waals surface area contributed by atoms with Gasteiger partial charge in [0.25, 0.3) is 5.91 Å². The lowest BCUT2D eigenvalue weighted by atomic mass is 10.0. The lowest BCUT2D eigenvalue weighted by molar-refractivity contribution is -0.716. The molecule has 5 heteroatoms. The highest BCUT2D eigenvalue weighted by Crippen LogP contribution is 2.09. The molecule has 0 fully saturated rings. The van der Waals surface area contributed by atoms with E-state index in [2.05, 4.69) is 19.2 Å². The van der Waals surface area contributed by atoms with Gasteiger partial charge in [0.15, 0.2) is 6.04 Å². The van der Waals surface area contributed by atoms with Gasteiger partial charge in [-0.2, -0.15) is 0 Å². The van der Waals surface area contributed by atoms with Crippen LogP contribution in [0.3, 0.4) is 0 Å². The number of amides is 3. The second kappa shape index (κ2) is 7.53. The third kappa shape index (κ3) is 4.71. The molecule has 5 nitrogen and oxygen atoms in total. The summed E-state index contributed by atoms with van der Waals surface area (Å²) in [6, 6.07) is 8.48. The zero-order valence-electron chi connectivity index (χ0n) is 11.4. The van der Waals surface area contributed by atoms with Gasteiger partial charge in [-0.3, -0.25) is 10.1 Å². The summed E-state index contributed by atoms with van der Waals surface area (Å²) in [6.07, 6.45) is 1.92. The first-order valence-corrected chi connectivity index (χ1v) is 6.58. The molecular formula is C14H22N3O2+. The molecule has 0 saturated heterocycles. The molecule has 1 aromatic carbocycles. The Balaban J connectivity index is 2.90.